The number of para-hydroxylation sites is 1. The predicted octanol–water partition coefficient (Wildman–Crippen LogP) is 3.84. The summed E-state index contributed by atoms with van der Waals surface area (Å²) in [5.74, 6) is -0.135. The standard InChI is InChI=1S/C15H14FN/c1-10-8-12(6-7-13(10)16)15-9-11-4-2-3-5-14(11)17-15/h2-8,15,17H,9H2,1H3. The summed E-state index contributed by atoms with van der Waals surface area (Å²) in [7, 11) is 0. The van der Waals surface area contributed by atoms with Crippen LogP contribution in [0.5, 0.6) is 0 Å². The monoisotopic (exact) mass is 227 g/mol. The van der Waals surface area contributed by atoms with Gasteiger partial charge in [-0.15, -0.1) is 0 Å². The maximum absolute atomic E-state index is 13.2. The van der Waals surface area contributed by atoms with Crippen LogP contribution in [-0.2, 0) is 6.42 Å². The van der Waals surface area contributed by atoms with E-state index in [1.807, 2.05) is 18.2 Å². The molecule has 0 spiro atoms. The number of aryl methyl sites for hydroxylation is 1. The Balaban J connectivity index is 1.91. The summed E-state index contributed by atoms with van der Waals surface area (Å²) in [6.07, 6.45) is 0.973. The second kappa shape index (κ2) is 3.88. The van der Waals surface area contributed by atoms with Crippen molar-refractivity contribution in [2.75, 3.05) is 5.32 Å². The number of nitrogens with one attached hydrogen (secondary N) is 1. The summed E-state index contributed by atoms with van der Waals surface area (Å²) in [4.78, 5) is 0. The van der Waals surface area contributed by atoms with Crippen LogP contribution in [0, 0.1) is 12.7 Å². The Morgan fingerprint density at radius 3 is 2.76 bits per heavy atom. The van der Waals surface area contributed by atoms with E-state index in [0.29, 0.717) is 5.56 Å². The van der Waals surface area contributed by atoms with Crippen LogP contribution in [0.2, 0.25) is 0 Å². The van der Waals surface area contributed by atoms with Crippen molar-refractivity contribution < 1.29 is 4.39 Å². The highest BCUT2D eigenvalue weighted by Gasteiger charge is 2.21. The van der Waals surface area contributed by atoms with Gasteiger partial charge in [0.2, 0.25) is 0 Å². The Bertz CT molecular complexity index is 538. The Hall–Kier alpha value is -1.83. The van der Waals surface area contributed by atoms with Crippen LogP contribution in [0.25, 0.3) is 0 Å². The summed E-state index contributed by atoms with van der Waals surface area (Å²) in [5, 5.41) is 3.47. The molecule has 1 heterocycles. The van der Waals surface area contributed by atoms with E-state index in [0.717, 1.165) is 12.0 Å². The third-order valence-electron chi connectivity index (χ3n) is 3.36. The molecule has 86 valence electrons. The average Bonchev–Trinajstić information content (AvgIpc) is 2.76. The molecule has 1 aliphatic rings. The predicted molar refractivity (Wildman–Crippen MR) is 67.6 cm³/mol. The van der Waals surface area contributed by atoms with E-state index in [9.17, 15) is 4.39 Å². The quantitative estimate of drug-likeness (QED) is 0.780. The molecule has 0 saturated heterocycles. The molecule has 2 heteroatoms. The normalized spacial score (nSPS) is 17.6. The zero-order valence-corrected chi connectivity index (χ0v) is 9.70. The Morgan fingerprint density at radius 1 is 1.18 bits per heavy atom. The van der Waals surface area contributed by atoms with Crippen molar-refractivity contribution in [3.05, 3.63) is 65.0 Å². The highest BCUT2D eigenvalue weighted by molar-refractivity contribution is 5.58. The molecule has 0 radical (unpaired) electrons. The minimum absolute atomic E-state index is 0.135. The first-order chi connectivity index (χ1) is 8.24. The highest BCUT2D eigenvalue weighted by atomic mass is 19.1. The second-order valence-corrected chi connectivity index (χ2v) is 4.57. The van der Waals surface area contributed by atoms with Crippen molar-refractivity contribution in [3.63, 3.8) is 0 Å². The first-order valence-electron chi connectivity index (χ1n) is 5.84. The first kappa shape index (κ1) is 10.3. The van der Waals surface area contributed by atoms with E-state index in [4.69, 9.17) is 0 Å². The van der Waals surface area contributed by atoms with Crippen LogP contribution in [0.15, 0.2) is 42.5 Å². The third-order valence-corrected chi connectivity index (χ3v) is 3.36. The van der Waals surface area contributed by atoms with Gasteiger partial charge in [-0.3, -0.25) is 0 Å². The summed E-state index contributed by atoms with van der Waals surface area (Å²) >= 11 is 0. The zero-order valence-electron chi connectivity index (χ0n) is 9.70. The molecule has 17 heavy (non-hydrogen) atoms. The topological polar surface area (TPSA) is 12.0 Å². The molecule has 1 atom stereocenters. The van der Waals surface area contributed by atoms with Gasteiger partial charge in [0.05, 0.1) is 6.04 Å². The SMILES string of the molecule is Cc1cc(C2Cc3ccccc3N2)ccc1F. The Labute approximate surface area is 100 Å². The van der Waals surface area contributed by atoms with Crippen molar-refractivity contribution in [2.45, 2.75) is 19.4 Å². The van der Waals surface area contributed by atoms with Gasteiger partial charge >= 0.3 is 0 Å². The van der Waals surface area contributed by atoms with Crippen LogP contribution in [-0.4, -0.2) is 0 Å². The molecule has 0 amide bonds. The molecule has 2 aromatic rings. The molecule has 1 nitrogen and oxygen atoms in total. The van der Waals surface area contributed by atoms with E-state index in [2.05, 4.69) is 23.5 Å². The Morgan fingerprint density at radius 2 is 2.00 bits per heavy atom. The van der Waals surface area contributed by atoms with Crippen molar-refractivity contribution in [1.82, 2.24) is 0 Å². The maximum atomic E-state index is 13.2. The number of fused-ring (bicyclic) bond motifs is 1. The van der Waals surface area contributed by atoms with Crippen LogP contribution >= 0.6 is 0 Å². The minimum atomic E-state index is -0.135. The van der Waals surface area contributed by atoms with Crippen LogP contribution in [0.3, 0.4) is 0 Å². The number of rotatable bonds is 1. The summed E-state index contributed by atoms with van der Waals surface area (Å²) in [5.41, 5.74) is 4.39. The van der Waals surface area contributed by atoms with Gasteiger partial charge in [0.1, 0.15) is 5.82 Å². The van der Waals surface area contributed by atoms with E-state index in [-0.39, 0.29) is 11.9 Å². The molecule has 0 aromatic heterocycles. The second-order valence-electron chi connectivity index (χ2n) is 4.57. The molecule has 0 aliphatic carbocycles. The van der Waals surface area contributed by atoms with Gasteiger partial charge in [0, 0.05) is 5.69 Å². The van der Waals surface area contributed by atoms with Gasteiger partial charge in [-0.1, -0.05) is 30.3 Å². The van der Waals surface area contributed by atoms with Gasteiger partial charge in [-0.05, 0) is 42.2 Å². The average molecular weight is 227 g/mol. The lowest BCUT2D eigenvalue weighted by Crippen LogP contribution is -2.06. The Kier molecular flexibility index (Phi) is 2.36. The van der Waals surface area contributed by atoms with Crippen molar-refractivity contribution in [1.29, 1.82) is 0 Å². The number of anilines is 1. The van der Waals surface area contributed by atoms with Gasteiger partial charge < -0.3 is 5.32 Å². The van der Waals surface area contributed by atoms with E-state index in [1.54, 1.807) is 13.0 Å². The summed E-state index contributed by atoms with van der Waals surface area (Å²) < 4.78 is 13.2. The molecule has 1 N–H and O–H groups in total. The van der Waals surface area contributed by atoms with Gasteiger partial charge in [-0.2, -0.15) is 0 Å². The smallest absolute Gasteiger partial charge is 0.126 e. The number of benzene rings is 2. The zero-order chi connectivity index (χ0) is 11.8. The van der Waals surface area contributed by atoms with Gasteiger partial charge in [0.25, 0.3) is 0 Å². The van der Waals surface area contributed by atoms with Crippen LogP contribution < -0.4 is 5.32 Å². The van der Waals surface area contributed by atoms with Crippen molar-refractivity contribution >= 4 is 5.69 Å². The highest BCUT2D eigenvalue weighted by Crippen LogP contribution is 2.34. The molecule has 1 unspecified atom stereocenters. The number of hydrogen-bond donors (Lipinski definition) is 1. The summed E-state index contributed by atoms with van der Waals surface area (Å²) in [6, 6.07) is 13.9. The van der Waals surface area contributed by atoms with Crippen molar-refractivity contribution in [2.24, 2.45) is 0 Å². The van der Waals surface area contributed by atoms with E-state index in [1.165, 1.54) is 11.3 Å². The van der Waals surface area contributed by atoms with E-state index >= 15 is 0 Å². The van der Waals surface area contributed by atoms with E-state index < -0.39 is 0 Å². The molecule has 2 aromatic carbocycles. The van der Waals surface area contributed by atoms with Crippen molar-refractivity contribution in [3.8, 4) is 0 Å². The van der Waals surface area contributed by atoms with Crippen LogP contribution in [0.1, 0.15) is 22.7 Å². The summed E-state index contributed by atoms with van der Waals surface area (Å²) in [6.45, 7) is 1.81. The number of hydrogen-bond acceptors (Lipinski definition) is 1. The lowest BCUT2D eigenvalue weighted by Gasteiger charge is -2.12. The number of halogens is 1. The first-order valence-corrected chi connectivity index (χ1v) is 5.84. The fourth-order valence-corrected chi connectivity index (χ4v) is 2.38. The van der Waals surface area contributed by atoms with Gasteiger partial charge in [-0.25, -0.2) is 4.39 Å². The fourth-order valence-electron chi connectivity index (χ4n) is 2.38. The molecule has 0 bridgehead atoms. The molecule has 0 saturated carbocycles. The molecule has 0 fully saturated rings. The molecular weight excluding hydrogens is 213 g/mol. The fraction of sp³-hybridized carbons (Fsp3) is 0.200. The van der Waals surface area contributed by atoms with Crippen LogP contribution in [0.4, 0.5) is 10.1 Å². The molecule has 3 rings (SSSR count). The molecular formula is C15H14FN. The minimum Gasteiger partial charge on any atom is -0.378 e. The maximum Gasteiger partial charge on any atom is 0.126 e. The lowest BCUT2D eigenvalue weighted by molar-refractivity contribution is 0.616. The molecule has 1 aliphatic heterocycles. The third kappa shape index (κ3) is 1.80. The lowest BCUT2D eigenvalue weighted by atomic mass is 10.0. The largest absolute Gasteiger partial charge is 0.378 e. The van der Waals surface area contributed by atoms with Gasteiger partial charge in [0.15, 0.2) is 0 Å².